The van der Waals surface area contributed by atoms with Gasteiger partial charge in [-0.15, -0.1) is 0 Å². The number of carbonyl (C=O) groups is 1. The first-order chi connectivity index (χ1) is 11.8. The molecule has 2 aromatic carbocycles. The first kappa shape index (κ1) is 18.9. The molecule has 1 amide bonds. The largest absolute Gasteiger partial charge is 0.323 e. The number of hydrogen-bond donors (Lipinski definition) is 2. The third-order valence-corrected chi connectivity index (χ3v) is 5.10. The summed E-state index contributed by atoms with van der Waals surface area (Å²) in [6.45, 7) is 5.49. The average Bonchev–Trinajstić information content (AvgIpc) is 2.53. The van der Waals surface area contributed by atoms with E-state index in [2.05, 4.69) is 10.0 Å². The maximum Gasteiger partial charge on any atom is 0.248 e. The van der Waals surface area contributed by atoms with Gasteiger partial charge < -0.3 is 5.32 Å². The molecule has 0 spiro atoms. The van der Waals surface area contributed by atoms with Crippen LogP contribution in [0, 0.1) is 6.92 Å². The number of anilines is 1. The van der Waals surface area contributed by atoms with Crippen LogP contribution in [0.2, 0.25) is 0 Å². The van der Waals surface area contributed by atoms with Gasteiger partial charge in [-0.25, -0.2) is 13.1 Å². The van der Waals surface area contributed by atoms with Gasteiger partial charge in [0.2, 0.25) is 15.9 Å². The minimum absolute atomic E-state index is 0.162. The maximum absolute atomic E-state index is 12.1. The van der Waals surface area contributed by atoms with Crippen molar-refractivity contribution in [1.82, 2.24) is 4.72 Å². The lowest BCUT2D eigenvalue weighted by molar-refractivity contribution is -0.111. The molecule has 0 fully saturated rings. The Labute approximate surface area is 148 Å². The Hall–Kier alpha value is -2.44. The monoisotopic (exact) mass is 358 g/mol. The van der Waals surface area contributed by atoms with E-state index < -0.39 is 10.0 Å². The molecule has 25 heavy (non-hydrogen) atoms. The Balaban J connectivity index is 2.04. The number of rotatable bonds is 6. The highest BCUT2D eigenvalue weighted by molar-refractivity contribution is 7.89. The van der Waals surface area contributed by atoms with Crippen molar-refractivity contribution in [3.63, 3.8) is 0 Å². The van der Waals surface area contributed by atoms with Gasteiger partial charge in [-0.3, -0.25) is 4.79 Å². The van der Waals surface area contributed by atoms with Crippen LogP contribution < -0.4 is 10.0 Å². The summed E-state index contributed by atoms with van der Waals surface area (Å²) < 4.78 is 26.6. The third-order valence-electron chi connectivity index (χ3n) is 3.43. The van der Waals surface area contributed by atoms with E-state index in [1.54, 1.807) is 32.1 Å². The predicted octanol–water partition coefficient (Wildman–Crippen LogP) is 3.33. The van der Waals surface area contributed by atoms with Crippen LogP contribution in [-0.4, -0.2) is 20.4 Å². The van der Waals surface area contributed by atoms with Crippen molar-refractivity contribution >= 4 is 27.7 Å². The van der Waals surface area contributed by atoms with Gasteiger partial charge in [-0.05, 0) is 62.2 Å². The molecule has 0 atom stereocenters. The van der Waals surface area contributed by atoms with Gasteiger partial charge in [-0.1, -0.05) is 24.3 Å². The lowest BCUT2D eigenvalue weighted by Gasteiger charge is -2.10. The molecule has 0 aliphatic carbocycles. The van der Waals surface area contributed by atoms with Crippen LogP contribution in [0.3, 0.4) is 0 Å². The van der Waals surface area contributed by atoms with Crippen molar-refractivity contribution < 1.29 is 13.2 Å². The number of aryl methyl sites for hydroxylation is 1. The second-order valence-electron chi connectivity index (χ2n) is 5.98. The molecule has 2 N–H and O–H groups in total. The SMILES string of the molecule is Cc1ccccc1/C=C/C(=O)Nc1ccc(S(=O)(=O)NC(C)C)cc1. The normalized spacial score (nSPS) is 11.8. The van der Waals surface area contributed by atoms with E-state index in [0.29, 0.717) is 5.69 Å². The van der Waals surface area contributed by atoms with E-state index >= 15 is 0 Å². The van der Waals surface area contributed by atoms with E-state index in [9.17, 15) is 13.2 Å². The third kappa shape index (κ3) is 5.55. The minimum atomic E-state index is -3.53. The summed E-state index contributed by atoms with van der Waals surface area (Å²) in [5.74, 6) is -0.279. The molecule has 0 unspecified atom stereocenters. The van der Waals surface area contributed by atoms with Crippen LogP contribution in [0.15, 0.2) is 59.5 Å². The van der Waals surface area contributed by atoms with E-state index in [4.69, 9.17) is 0 Å². The molecule has 0 saturated heterocycles. The number of amides is 1. The fourth-order valence-electron chi connectivity index (χ4n) is 2.22. The summed E-state index contributed by atoms with van der Waals surface area (Å²) in [5, 5.41) is 2.71. The van der Waals surface area contributed by atoms with Crippen molar-refractivity contribution in [1.29, 1.82) is 0 Å². The van der Waals surface area contributed by atoms with Gasteiger partial charge in [-0.2, -0.15) is 0 Å². The predicted molar refractivity (Wildman–Crippen MR) is 101 cm³/mol. The Bertz CT molecular complexity index is 870. The zero-order valence-corrected chi connectivity index (χ0v) is 15.3. The first-order valence-corrected chi connectivity index (χ1v) is 9.43. The maximum atomic E-state index is 12.1. The molecule has 0 aromatic heterocycles. The summed E-state index contributed by atoms with van der Waals surface area (Å²) >= 11 is 0. The number of hydrogen-bond acceptors (Lipinski definition) is 3. The minimum Gasteiger partial charge on any atom is -0.323 e. The number of carbonyl (C=O) groups excluding carboxylic acids is 1. The van der Waals surface area contributed by atoms with E-state index in [1.165, 1.54) is 18.2 Å². The molecule has 0 aliphatic heterocycles. The van der Waals surface area contributed by atoms with Crippen molar-refractivity contribution in [3.05, 3.63) is 65.7 Å². The fraction of sp³-hybridized carbons (Fsp3) is 0.211. The number of sulfonamides is 1. The van der Waals surface area contributed by atoms with Gasteiger partial charge in [0.05, 0.1) is 4.90 Å². The molecule has 2 rings (SSSR count). The van der Waals surface area contributed by atoms with E-state index in [-0.39, 0.29) is 16.8 Å². The Morgan fingerprint density at radius 1 is 1.04 bits per heavy atom. The van der Waals surface area contributed by atoms with Gasteiger partial charge >= 0.3 is 0 Å². The van der Waals surface area contributed by atoms with Gasteiger partial charge in [0.15, 0.2) is 0 Å². The highest BCUT2D eigenvalue weighted by atomic mass is 32.2. The Morgan fingerprint density at radius 3 is 2.28 bits per heavy atom. The number of nitrogens with one attached hydrogen (secondary N) is 2. The average molecular weight is 358 g/mol. The van der Waals surface area contributed by atoms with Crippen molar-refractivity contribution in [2.75, 3.05) is 5.32 Å². The van der Waals surface area contributed by atoms with Crippen LogP contribution in [0.1, 0.15) is 25.0 Å². The van der Waals surface area contributed by atoms with Crippen LogP contribution in [-0.2, 0) is 14.8 Å². The number of benzene rings is 2. The summed E-state index contributed by atoms with van der Waals surface area (Å²) in [5.41, 5.74) is 2.58. The molecule has 132 valence electrons. The molecule has 5 nitrogen and oxygen atoms in total. The first-order valence-electron chi connectivity index (χ1n) is 7.95. The zero-order chi connectivity index (χ0) is 18.4. The van der Waals surface area contributed by atoms with Crippen molar-refractivity contribution in [2.24, 2.45) is 0 Å². The molecule has 2 aromatic rings. The highest BCUT2D eigenvalue weighted by Crippen LogP contribution is 2.15. The fourth-order valence-corrected chi connectivity index (χ4v) is 3.47. The highest BCUT2D eigenvalue weighted by Gasteiger charge is 2.14. The smallest absolute Gasteiger partial charge is 0.248 e. The Kier molecular flexibility index (Phi) is 6.12. The zero-order valence-electron chi connectivity index (χ0n) is 14.5. The quantitative estimate of drug-likeness (QED) is 0.778. The standard InChI is InChI=1S/C19H22N2O3S/c1-14(2)21-25(23,24)18-11-9-17(10-12-18)20-19(22)13-8-16-7-5-4-6-15(16)3/h4-14,21H,1-3H3,(H,20,22)/b13-8+. The van der Waals surface area contributed by atoms with Crippen molar-refractivity contribution in [2.45, 2.75) is 31.7 Å². The molecule has 0 saturated carbocycles. The van der Waals surface area contributed by atoms with Crippen molar-refractivity contribution in [3.8, 4) is 0 Å². The summed E-state index contributed by atoms with van der Waals surface area (Å²) in [4.78, 5) is 12.2. The molecule has 0 heterocycles. The van der Waals surface area contributed by atoms with Gasteiger partial charge in [0.25, 0.3) is 0 Å². The van der Waals surface area contributed by atoms with Gasteiger partial charge in [0.1, 0.15) is 0 Å². The van der Waals surface area contributed by atoms with Gasteiger partial charge in [0, 0.05) is 17.8 Å². The van der Waals surface area contributed by atoms with Crippen LogP contribution in [0.25, 0.3) is 6.08 Å². The van der Waals surface area contributed by atoms with E-state index in [1.807, 2.05) is 31.2 Å². The van der Waals surface area contributed by atoms with Crippen LogP contribution in [0.5, 0.6) is 0 Å². The topological polar surface area (TPSA) is 75.3 Å². The second kappa shape index (κ2) is 8.09. The summed E-state index contributed by atoms with van der Waals surface area (Å²) in [7, 11) is -3.53. The Morgan fingerprint density at radius 2 is 1.68 bits per heavy atom. The summed E-state index contributed by atoms with van der Waals surface area (Å²) in [6.07, 6.45) is 3.20. The lowest BCUT2D eigenvalue weighted by atomic mass is 10.1. The molecule has 0 radical (unpaired) electrons. The molecule has 0 bridgehead atoms. The molecule has 6 heteroatoms. The van der Waals surface area contributed by atoms with E-state index in [0.717, 1.165) is 11.1 Å². The second-order valence-corrected chi connectivity index (χ2v) is 7.69. The molecule has 0 aliphatic rings. The molecular formula is C19H22N2O3S. The summed E-state index contributed by atoms with van der Waals surface area (Å²) in [6, 6.07) is 13.6. The van der Waals surface area contributed by atoms with Crippen LogP contribution in [0.4, 0.5) is 5.69 Å². The lowest BCUT2D eigenvalue weighted by Crippen LogP contribution is -2.30. The van der Waals surface area contributed by atoms with Crippen LogP contribution >= 0.6 is 0 Å². The molecular weight excluding hydrogens is 336 g/mol.